The molecule has 0 saturated carbocycles. The molecule has 3 aromatic carbocycles. The number of nitrogens with zero attached hydrogens (tertiary/aromatic N) is 2. The number of amides is 1. The Hall–Kier alpha value is -3.79. The standard InChI is InChI=1S/C26H21N3O/c1-28-16-22(19-9-5-7-13-24(19)28)25-20-10-2-3-11-21(20)26(30)29(25)15-17-14-27-23-12-6-4-8-18(17)23/h2-14,16,25,27H,15H2,1H3. The maximum atomic E-state index is 13.5. The van der Waals surface area contributed by atoms with Gasteiger partial charge in [0.15, 0.2) is 0 Å². The Bertz CT molecular complexity index is 1420. The molecule has 30 heavy (non-hydrogen) atoms. The third-order valence-corrected chi connectivity index (χ3v) is 6.30. The van der Waals surface area contributed by atoms with Crippen LogP contribution in [0.1, 0.15) is 33.1 Å². The lowest BCUT2D eigenvalue weighted by atomic mass is 9.97. The van der Waals surface area contributed by atoms with Crippen LogP contribution in [0.25, 0.3) is 21.8 Å². The normalized spacial score (nSPS) is 16.0. The van der Waals surface area contributed by atoms with E-state index in [1.807, 2.05) is 41.4 Å². The van der Waals surface area contributed by atoms with Crippen molar-refractivity contribution >= 4 is 27.7 Å². The highest BCUT2D eigenvalue weighted by atomic mass is 16.2. The van der Waals surface area contributed by atoms with Crippen molar-refractivity contribution < 1.29 is 4.79 Å². The van der Waals surface area contributed by atoms with Crippen molar-refractivity contribution in [1.29, 1.82) is 0 Å². The summed E-state index contributed by atoms with van der Waals surface area (Å²) in [6.07, 6.45) is 4.20. The fourth-order valence-electron chi connectivity index (χ4n) is 4.91. The van der Waals surface area contributed by atoms with E-state index in [1.165, 1.54) is 16.5 Å². The molecule has 5 aromatic rings. The highest BCUT2D eigenvalue weighted by Gasteiger charge is 2.39. The molecule has 0 aliphatic carbocycles. The molecule has 146 valence electrons. The summed E-state index contributed by atoms with van der Waals surface area (Å²) < 4.78 is 2.15. The Kier molecular flexibility index (Phi) is 3.62. The van der Waals surface area contributed by atoms with Gasteiger partial charge in [-0.2, -0.15) is 0 Å². The summed E-state index contributed by atoms with van der Waals surface area (Å²) in [6.45, 7) is 0.561. The van der Waals surface area contributed by atoms with Crippen LogP contribution in [0.15, 0.2) is 85.2 Å². The fourth-order valence-corrected chi connectivity index (χ4v) is 4.91. The molecule has 0 fully saturated rings. The Labute approximate surface area is 174 Å². The first-order valence-electron chi connectivity index (χ1n) is 10.2. The van der Waals surface area contributed by atoms with Crippen molar-refractivity contribution in [2.45, 2.75) is 12.6 Å². The monoisotopic (exact) mass is 391 g/mol. The van der Waals surface area contributed by atoms with E-state index >= 15 is 0 Å². The molecule has 1 unspecified atom stereocenters. The molecule has 3 heterocycles. The van der Waals surface area contributed by atoms with Gasteiger partial charge in [0.25, 0.3) is 5.91 Å². The lowest BCUT2D eigenvalue weighted by Gasteiger charge is -2.25. The molecule has 1 N–H and O–H groups in total. The number of aromatic amines is 1. The van der Waals surface area contributed by atoms with Gasteiger partial charge in [0, 0.05) is 58.9 Å². The highest BCUT2D eigenvalue weighted by molar-refractivity contribution is 6.01. The van der Waals surface area contributed by atoms with Crippen LogP contribution < -0.4 is 0 Å². The minimum absolute atomic E-state index is 0.0915. The van der Waals surface area contributed by atoms with Gasteiger partial charge in [-0.15, -0.1) is 0 Å². The molecule has 0 radical (unpaired) electrons. The topological polar surface area (TPSA) is 41.0 Å². The zero-order valence-corrected chi connectivity index (χ0v) is 16.7. The van der Waals surface area contributed by atoms with E-state index in [9.17, 15) is 4.79 Å². The molecule has 0 spiro atoms. The number of carbonyl (C=O) groups excluding carboxylic acids is 1. The Morgan fingerprint density at radius 2 is 1.60 bits per heavy atom. The van der Waals surface area contributed by atoms with Crippen molar-refractivity contribution in [3.63, 3.8) is 0 Å². The third-order valence-electron chi connectivity index (χ3n) is 6.30. The van der Waals surface area contributed by atoms with Gasteiger partial charge in [-0.25, -0.2) is 0 Å². The number of aromatic nitrogens is 2. The molecule has 4 heteroatoms. The summed E-state index contributed by atoms with van der Waals surface area (Å²) in [4.78, 5) is 18.9. The average molecular weight is 391 g/mol. The average Bonchev–Trinajstić information content (AvgIpc) is 3.42. The second-order valence-corrected chi connectivity index (χ2v) is 7.99. The summed E-state index contributed by atoms with van der Waals surface area (Å²) in [6, 6.07) is 24.6. The minimum atomic E-state index is -0.103. The van der Waals surface area contributed by atoms with E-state index in [0.717, 1.165) is 27.6 Å². The molecule has 4 nitrogen and oxygen atoms in total. The minimum Gasteiger partial charge on any atom is -0.361 e. The predicted molar refractivity (Wildman–Crippen MR) is 119 cm³/mol. The Balaban J connectivity index is 1.53. The van der Waals surface area contributed by atoms with Crippen molar-refractivity contribution in [2.24, 2.45) is 7.05 Å². The highest BCUT2D eigenvalue weighted by Crippen LogP contribution is 2.42. The zero-order valence-electron chi connectivity index (χ0n) is 16.7. The van der Waals surface area contributed by atoms with Crippen LogP contribution >= 0.6 is 0 Å². The van der Waals surface area contributed by atoms with Crippen LogP contribution in [0.3, 0.4) is 0 Å². The van der Waals surface area contributed by atoms with Gasteiger partial charge >= 0.3 is 0 Å². The number of hydrogen-bond acceptors (Lipinski definition) is 1. The first-order chi connectivity index (χ1) is 14.7. The molecule has 1 aliphatic rings. The maximum absolute atomic E-state index is 13.5. The lowest BCUT2D eigenvalue weighted by Crippen LogP contribution is -2.28. The molecule has 0 saturated heterocycles. The molecular weight excluding hydrogens is 370 g/mol. The van der Waals surface area contributed by atoms with E-state index in [-0.39, 0.29) is 11.9 Å². The van der Waals surface area contributed by atoms with Crippen LogP contribution in [-0.2, 0) is 13.6 Å². The number of hydrogen-bond donors (Lipinski definition) is 1. The summed E-state index contributed by atoms with van der Waals surface area (Å²) in [7, 11) is 2.07. The predicted octanol–water partition coefficient (Wildman–Crippen LogP) is 5.41. The van der Waals surface area contributed by atoms with Crippen molar-refractivity contribution in [3.8, 4) is 0 Å². The van der Waals surface area contributed by atoms with Gasteiger partial charge in [-0.1, -0.05) is 54.6 Å². The second-order valence-electron chi connectivity index (χ2n) is 7.99. The quantitative estimate of drug-likeness (QED) is 0.439. The fraction of sp³-hybridized carbons (Fsp3) is 0.115. The van der Waals surface area contributed by atoms with Crippen molar-refractivity contribution in [1.82, 2.24) is 14.5 Å². The van der Waals surface area contributed by atoms with Crippen LogP contribution in [0, 0.1) is 0 Å². The molecular formula is C26H21N3O. The van der Waals surface area contributed by atoms with E-state index in [4.69, 9.17) is 0 Å². The van der Waals surface area contributed by atoms with Gasteiger partial charge in [0.1, 0.15) is 0 Å². The first kappa shape index (κ1) is 17.1. The number of benzene rings is 3. The maximum Gasteiger partial charge on any atom is 0.255 e. The molecule has 1 atom stereocenters. The van der Waals surface area contributed by atoms with Crippen molar-refractivity contribution in [2.75, 3.05) is 0 Å². The second kappa shape index (κ2) is 6.36. The van der Waals surface area contributed by atoms with Crippen molar-refractivity contribution in [3.05, 3.63) is 107 Å². The largest absolute Gasteiger partial charge is 0.361 e. The summed E-state index contributed by atoms with van der Waals surface area (Å²) in [5.41, 5.74) is 6.46. The van der Waals surface area contributed by atoms with Gasteiger partial charge < -0.3 is 14.5 Å². The van der Waals surface area contributed by atoms with Gasteiger partial charge in [0.05, 0.1) is 6.04 Å². The smallest absolute Gasteiger partial charge is 0.255 e. The van der Waals surface area contributed by atoms with Crippen LogP contribution in [-0.4, -0.2) is 20.4 Å². The Morgan fingerprint density at radius 3 is 2.50 bits per heavy atom. The van der Waals surface area contributed by atoms with Crippen LogP contribution in [0.4, 0.5) is 0 Å². The number of aryl methyl sites for hydroxylation is 1. The summed E-state index contributed by atoms with van der Waals surface area (Å²) in [5, 5.41) is 2.36. The molecule has 1 amide bonds. The SMILES string of the molecule is Cn1cc(C2c3ccccc3C(=O)N2Cc2c[nH]c3ccccc23)c2ccccc21. The number of fused-ring (bicyclic) bond motifs is 3. The Morgan fingerprint density at radius 1 is 0.867 bits per heavy atom. The van der Waals surface area contributed by atoms with E-state index in [0.29, 0.717) is 6.54 Å². The first-order valence-corrected chi connectivity index (χ1v) is 10.2. The number of carbonyl (C=O) groups is 1. The van der Waals surface area contributed by atoms with E-state index in [1.54, 1.807) is 0 Å². The van der Waals surface area contributed by atoms with Gasteiger partial charge in [0.2, 0.25) is 0 Å². The van der Waals surface area contributed by atoms with Gasteiger partial charge in [-0.05, 0) is 29.3 Å². The number of rotatable bonds is 3. The number of para-hydroxylation sites is 2. The van der Waals surface area contributed by atoms with Gasteiger partial charge in [-0.3, -0.25) is 4.79 Å². The molecule has 0 bridgehead atoms. The zero-order chi connectivity index (χ0) is 20.2. The summed E-state index contributed by atoms with van der Waals surface area (Å²) in [5.74, 6) is 0.0915. The summed E-state index contributed by atoms with van der Waals surface area (Å²) >= 11 is 0. The van der Waals surface area contributed by atoms with E-state index < -0.39 is 0 Å². The molecule has 2 aromatic heterocycles. The van der Waals surface area contributed by atoms with Crippen LogP contribution in [0.5, 0.6) is 0 Å². The third kappa shape index (κ3) is 2.37. The molecule has 6 rings (SSSR count). The number of H-pyrrole nitrogens is 1. The molecule has 1 aliphatic heterocycles. The van der Waals surface area contributed by atoms with Crippen LogP contribution in [0.2, 0.25) is 0 Å². The number of nitrogens with one attached hydrogen (secondary N) is 1. The van der Waals surface area contributed by atoms with E-state index in [2.05, 4.69) is 65.3 Å². The lowest BCUT2D eigenvalue weighted by molar-refractivity contribution is 0.0737.